The van der Waals surface area contributed by atoms with Gasteiger partial charge in [-0.3, -0.25) is 0 Å². The van der Waals surface area contributed by atoms with Crippen LogP contribution in [0.25, 0.3) is 11.0 Å². The van der Waals surface area contributed by atoms with Crippen molar-refractivity contribution in [3.8, 4) is 0 Å². The van der Waals surface area contributed by atoms with Crippen LogP contribution in [0.3, 0.4) is 0 Å². The third-order valence-corrected chi connectivity index (χ3v) is 2.73. The van der Waals surface area contributed by atoms with Gasteiger partial charge in [-0.1, -0.05) is 0 Å². The number of nitrogen functional groups attached to an aromatic ring is 1. The fourth-order valence-corrected chi connectivity index (χ4v) is 1.93. The van der Waals surface area contributed by atoms with Gasteiger partial charge in [-0.15, -0.1) is 0 Å². The average Bonchev–Trinajstić information content (AvgIpc) is 2.41. The molecule has 80 valence electrons. The van der Waals surface area contributed by atoms with Crippen molar-refractivity contribution in [1.29, 1.82) is 0 Å². The van der Waals surface area contributed by atoms with Crippen LogP contribution >= 0.6 is 22.6 Å². The van der Waals surface area contributed by atoms with Crippen molar-refractivity contribution in [2.45, 2.75) is 13.0 Å². The van der Waals surface area contributed by atoms with Crippen molar-refractivity contribution in [3.63, 3.8) is 0 Å². The predicted molar refractivity (Wildman–Crippen MR) is 62.9 cm³/mol. The molecular weight excluding hydrogens is 315 g/mol. The quantitative estimate of drug-likeness (QED) is 0.863. The fraction of sp³-hybridized carbons (Fsp3) is 0.222. The zero-order valence-corrected chi connectivity index (χ0v) is 9.78. The van der Waals surface area contributed by atoms with Crippen molar-refractivity contribution in [3.05, 3.63) is 21.8 Å². The lowest BCUT2D eigenvalue weighted by atomic mass is 10.3. The molecule has 2 rings (SSSR count). The molecule has 0 saturated carbocycles. The van der Waals surface area contributed by atoms with Gasteiger partial charge in [0.2, 0.25) is 5.95 Å². The first-order chi connectivity index (χ1) is 7.08. The number of anilines is 1. The standard InChI is InChI=1S/C9H8F2IN3/c10-8(11)4-15-7-2-1-5(12)3-6(7)14-9(15)13/h1-3,8H,4H2,(H2,13,14). The number of halogens is 3. The monoisotopic (exact) mass is 323 g/mol. The highest BCUT2D eigenvalue weighted by Crippen LogP contribution is 2.21. The second-order valence-corrected chi connectivity index (χ2v) is 4.35. The molecule has 0 saturated heterocycles. The van der Waals surface area contributed by atoms with Crippen LogP contribution in [-0.2, 0) is 6.54 Å². The van der Waals surface area contributed by atoms with Crippen LogP contribution in [0.15, 0.2) is 18.2 Å². The number of alkyl halides is 2. The summed E-state index contributed by atoms with van der Waals surface area (Å²) in [6.45, 7) is -0.414. The van der Waals surface area contributed by atoms with Crippen LogP contribution in [0.5, 0.6) is 0 Å². The van der Waals surface area contributed by atoms with Crippen LogP contribution < -0.4 is 5.73 Å². The molecule has 0 amide bonds. The molecule has 2 N–H and O–H groups in total. The summed E-state index contributed by atoms with van der Waals surface area (Å²) in [5.74, 6) is 0.132. The number of fused-ring (bicyclic) bond motifs is 1. The number of hydrogen-bond donors (Lipinski definition) is 1. The Morgan fingerprint density at radius 3 is 2.87 bits per heavy atom. The molecule has 15 heavy (non-hydrogen) atoms. The number of nitrogens with zero attached hydrogens (tertiary/aromatic N) is 2. The van der Waals surface area contributed by atoms with E-state index in [1.54, 1.807) is 6.07 Å². The van der Waals surface area contributed by atoms with E-state index in [0.717, 1.165) is 3.57 Å². The predicted octanol–water partition coefficient (Wildman–Crippen LogP) is 2.49. The van der Waals surface area contributed by atoms with E-state index in [0.29, 0.717) is 11.0 Å². The molecule has 1 aromatic carbocycles. The smallest absolute Gasteiger partial charge is 0.256 e. The molecule has 0 unspecified atom stereocenters. The molecule has 0 bridgehead atoms. The Bertz CT molecular complexity index is 495. The normalized spacial score (nSPS) is 11.5. The second kappa shape index (κ2) is 3.92. The van der Waals surface area contributed by atoms with E-state index in [2.05, 4.69) is 27.6 Å². The van der Waals surface area contributed by atoms with E-state index in [1.807, 2.05) is 12.1 Å². The summed E-state index contributed by atoms with van der Waals surface area (Å²) >= 11 is 2.14. The van der Waals surface area contributed by atoms with Gasteiger partial charge in [0.15, 0.2) is 0 Å². The number of aromatic nitrogens is 2. The van der Waals surface area contributed by atoms with Gasteiger partial charge in [0.25, 0.3) is 6.43 Å². The minimum atomic E-state index is -2.43. The van der Waals surface area contributed by atoms with Crippen molar-refractivity contribution in [2.24, 2.45) is 0 Å². The Morgan fingerprint density at radius 2 is 2.20 bits per heavy atom. The van der Waals surface area contributed by atoms with Crippen LogP contribution in [0.4, 0.5) is 14.7 Å². The van der Waals surface area contributed by atoms with Gasteiger partial charge < -0.3 is 10.3 Å². The summed E-state index contributed by atoms with van der Waals surface area (Å²) in [5.41, 5.74) is 6.87. The highest BCUT2D eigenvalue weighted by atomic mass is 127. The summed E-state index contributed by atoms with van der Waals surface area (Å²) in [6, 6.07) is 5.41. The molecule has 6 heteroatoms. The van der Waals surface area contributed by atoms with Crippen molar-refractivity contribution in [1.82, 2.24) is 9.55 Å². The topological polar surface area (TPSA) is 43.8 Å². The maximum absolute atomic E-state index is 12.3. The zero-order chi connectivity index (χ0) is 11.0. The first-order valence-electron chi connectivity index (χ1n) is 4.27. The Balaban J connectivity index is 2.58. The summed E-state index contributed by atoms with van der Waals surface area (Å²) in [5, 5.41) is 0. The van der Waals surface area contributed by atoms with Gasteiger partial charge in [0.05, 0.1) is 17.6 Å². The van der Waals surface area contributed by atoms with Gasteiger partial charge in [-0.25, -0.2) is 13.8 Å². The van der Waals surface area contributed by atoms with E-state index in [9.17, 15) is 8.78 Å². The van der Waals surface area contributed by atoms with Crippen molar-refractivity contribution < 1.29 is 8.78 Å². The van der Waals surface area contributed by atoms with Gasteiger partial charge >= 0.3 is 0 Å². The maximum atomic E-state index is 12.3. The van der Waals surface area contributed by atoms with E-state index in [-0.39, 0.29) is 5.95 Å². The Kier molecular flexibility index (Phi) is 2.76. The minimum absolute atomic E-state index is 0.132. The SMILES string of the molecule is Nc1nc2cc(I)ccc2n1CC(F)F. The lowest BCUT2D eigenvalue weighted by molar-refractivity contribution is 0.128. The first-order valence-corrected chi connectivity index (χ1v) is 5.35. The van der Waals surface area contributed by atoms with Crippen molar-refractivity contribution in [2.75, 3.05) is 5.73 Å². The van der Waals surface area contributed by atoms with E-state index in [4.69, 9.17) is 5.73 Å². The highest BCUT2D eigenvalue weighted by molar-refractivity contribution is 14.1. The molecule has 0 fully saturated rings. The number of nitrogens with two attached hydrogens (primary N) is 1. The number of benzene rings is 1. The number of imidazole rings is 1. The zero-order valence-electron chi connectivity index (χ0n) is 7.62. The first kappa shape index (κ1) is 10.6. The van der Waals surface area contributed by atoms with Crippen LogP contribution in [-0.4, -0.2) is 16.0 Å². The molecule has 0 aliphatic heterocycles. The second-order valence-electron chi connectivity index (χ2n) is 3.10. The molecule has 0 spiro atoms. The molecular formula is C9H8F2IN3. The molecule has 1 heterocycles. The van der Waals surface area contributed by atoms with Crippen LogP contribution in [0, 0.1) is 3.57 Å². The molecule has 3 nitrogen and oxygen atoms in total. The minimum Gasteiger partial charge on any atom is -0.369 e. The Hall–Kier alpha value is -0.920. The third kappa shape index (κ3) is 2.04. The summed E-state index contributed by atoms with van der Waals surface area (Å²) in [7, 11) is 0. The molecule has 0 aliphatic carbocycles. The van der Waals surface area contributed by atoms with E-state index >= 15 is 0 Å². The molecule has 2 aromatic rings. The van der Waals surface area contributed by atoms with Crippen molar-refractivity contribution >= 4 is 39.6 Å². The van der Waals surface area contributed by atoms with Gasteiger partial charge in [-0.2, -0.15) is 0 Å². The summed E-state index contributed by atoms with van der Waals surface area (Å²) in [4.78, 5) is 4.03. The molecule has 0 aliphatic rings. The van der Waals surface area contributed by atoms with Gasteiger partial charge in [0.1, 0.15) is 0 Å². The Morgan fingerprint density at radius 1 is 1.47 bits per heavy atom. The third-order valence-electron chi connectivity index (χ3n) is 2.06. The number of rotatable bonds is 2. The largest absolute Gasteiger partial charge is 0.369 e. The molecule has 0 atom stereocenters. The lowest BCUT2D eigenvalue weighted by Crippen LogP contribution is -2.09. The lowest BCUT2D eigenvalue weighted by Gasteiger charge is -2.04. The summed E-state index contributed by atoms with van der Waals surface area (Å²) < 4.78 is 26.9. The highest BCUT2D eigenvalue weighted by Gasteiger charge is 2.12. The average molecular weight is 323 g/mol. The van der Waals surface area contributed by atoms with Crippen LogP contribution in [0.2, 0.25) is 0 Å². The molecule has 1 aromatic heterocycles. The summed E-state index contributed by atoms with van der Waals surface area (Å²) in [6.07, 6.45) is -2.43. The van der Waals surface area contributed by atoms with Gasteiger partial charge in [-0.05, 0) is 40.8 Å². The van der Waals surface area contributed by atoms with Crippen LogP contribution in [0.1, 0.15) is 0 Å². The Labute approximate surface area is 98.4 Å². The maximum Gasteiger partial charge on any atom is 0.256 e. The molecule has 0 radical (unpaired) electrons. The van der Waals surface area contributed by atoms with E-state index < -0.39 is 13.0 Å². The van der Waals surface area contributed by atoms with E-state index in [1.165, 1.54) is 4.57 Å². The fourth-order valence-electron chi connectivity index (χ4n) is 1.45. The number of hydrogen-bond acceptors (Lipinski definition) is 2. The van der Waals surface area contributed by atoms with Gasteiger partial charge in [0, 0.05) is 3.57 Å².